The van der Waals surface area contributed by atoms with Crippen LogP contribution in [-0.4, -0.2) is 60.5 Å². The smallest absolute Gasteiger partial charge is 0.327 e. The summed E-state index contributed by atoms with van der Waals surface area (Å²) in [6.45, 7) is 1.68. The number of likely N-dealkylation sites (N-methyl/N-ethyl adjacent to an activating group) is 2. The number of carbonyl (C=O) groups excluding carboxylic acids is 1. The molecule has 0 aromatic rings. The minimum Gasteiger partial charge on any atom is -0.480 e. The standard InChI is InChI=1S/C8H16N2O3/c1-6(11)10(4)7(8(12)13)5-9(2)3/h7H,5H2,1-4H3,(H,12,13). The molecular formula is C8H16N2O3. The summed E-state index contributed by atoms with van der Waals surface area (Å²) in [6, 6.07) is -0.771. The number of hydrogen-bond acceptors (Lipinski definition) is 3. The van der Waals surface area contributed by atoms with E-state index in [-0.39, 0.29) is 5.91 Å². The van der Waals surface area contributed by atoms with Gasteiger partial charge in [0.1, 0.15) is 6.04 Å². The van der Waals surface area contributed by atoms with Gasteiger partial charge < -0.3 is 14.9 Å². The van der Waals surface area contributed by atoms with Crippen molar-refractivity contribution in [1.29, 1.82) is 0 Å². The Bertz CT molecular complexity index is 204. The molecule has 13 heavy (non-hydrogen) atoms. The molecule has 0 aliphatic carbocycles. The van der Waals surface area contributed by atoms with Gasteiger partial charge in [0.15, 0.2) is 0 Å². The minimum atomic E-state index is -0.980. The number of carbonyl (C=O) groups is 2. The first kappa shape index (κ1) is 11.9. The Balaban J connectivity index is 4.42. The van der Waals surface area contributed by atoms with Gasteiger partial charge in [-0.25, -0.2) is 4.79 Å². The van der Waals surface area contributed by atoms with Crippen molar-refractivity contribution in [2.45, 2.75) is 13.0 Å². The molecule has 0 saturated carbocycles. The van der Waals surface area contributed by atoms with E-state index in [0.29, 0.717) is 6.54 Å². The lowest BCUT2D eigenvalue weighted by atomic mass is 10.2. The molecule has 0 aromatic carbocycles. The average Bonchev–Trinajstić information content (AvgIpc) is 1.97. The first-order valence-electron chi connectivity index (χ1n) is 3.97. The Morgan fingerprint density at radius 1 is 1.31 bits per heavy atom. The van der Waals surface area contributed by atoms with Crippen LogP contribution in [0.1, 0.15) is 6.92 Å². The second-order valence-electron chi connectivity index (χ2n) is 3.25. The molecule has 0 saturated heterocycles. The van der Waals surface area contributed by atoms with Crippen LogP contribution < -0.4 is 0 Å². The van der Waals surface area contributed by atoms with Gasteiger partial charge in [-0.05, 0) is 14.1 Å². The molecule has 1 amide bonds. The number of amides is 1. The molecule has 0 aliphatic heterocycles. The van der Waals surface area contributed by atoms with Crippen LogP contribution in [0.3, 0.4) is 0 Å². The lowest BCUT2D eigenvalue weighted by Crippen LogP contribution is -2.47. The molecule has 0 spiro atoms. The number of rotatable bonds is 4. The fourth-order valence-corrected chi connectivity index (χ4v) is 0.932. The van der Waals surface area contributed by atoms with Gasteiger partial charge in [0.05, 0.1) is 0 Å². The number of carboxylic acid groups (broad SMARTS) is 1. The maximum Gasteiger partial charge on any atom is 0.327 e. The van der Waals surface area contributed by atoms with E-state index in [0.717, 1.165) is 0 Å². The van der Waals surface area contributed by atoms with Crippen LogP contribution in [0.4, 0.5) is 0 Å². The zero-order valence-electron chi connectivity index (χ0n) is 8.44. The van der Waals surface area contributed by atoms with Crippen molar-refractivity contribution in [3.63, 3.8) is 0 Å². The molecule has 1 N–H and O–H groups in total. The molecule has 0 rings (SSSR count). The maximum absolute atomic E-state index is 10.9. The van der Waals surface area contributed by atoms with Gasteiger partial charge in [0.25, 0.3) is 0 Å². The van der Waals surface area contributed by atoms with E-state index in [9.17, 15) is 9.59 Å². The second kappa shape index (κ2) is 4.81. The third-order valence-corrected chi connectivity index (χ3v) is 1.79. The van der Waals surface area contributed by atoms with Crippen LogP contribution in [-0.2, 0) is 9.59 Å². The molecule has 0 bridgehead atoms. The van der Waals surface area contributed by atoms with E-state index in [2.05, 4.69) is 0 Å². The fourth-order valence-electron chi connectivity index (χ4n) is 0.932. The van der Waals surface area contributed by atoms with Crippen molar-refractivity contribution in [2.75, 3.05) is 27.7 Å². The summed E-state index contributed by atoms with van der Waals surface area (Å²) in [5.74, 6) is -1.22. The van der Waals surface area contributed by atoms with E-state index < -0.39 is 12.0 Å². The van der Waals surface area contributed by atoms with Crippen molar-refractivity contribution in [1.82, 2.24) is 9.80 Å². The van der Waals surface area contributed by atoms with Gasteiger partial charge in [0, 0.05) is 20.5 Å². The van der Waals surface area contributed by atoms with Crippen molar-refractivity contribution in [2.24, 2.45) is 0 Å². The summed E-state index contributed by atoms with van der Waals surface area (Å²) in [7, 11) is 5.03. The van der Waals surface area contributed by atoms with E-state index >= 15 is 0 Å². The van der Waals surface area contributed by atoms with Crippen molar-refractivity contribution < 1.29 is 14.7 Å². The van der Waals surface area contributed by atoms with Gasteiger partial charge in [-0.1, -0.05) is 0 Å². The summed E-state index contributed by atoms with van der Waals surface area (Å²) < 4.78 is 0. The summed E-state index contributed by atoms with van der Waals surface area (Å²) >= 11 is 0. The van der Waals surface area contributed by atoms with Crippen LogP contribution in [0.5, 0.6) is 0 Å². The zero-order valence-corrected chi connectivity index (χ0v) is 8.44. The highest BCUT2D eigenvalue weighted by molar-refractivity contribution is 5.82. The van der Waals surface area contributed by atoms with E-state index in [4.69, 9.17) is 5.11 Å². The highest BCUT2D eigenvalue weighted by Gasteiger charge is 2.24. The molecule has 0 radical (unpaired) electrons. The molecule has 0 aliphatic rings. The predicted octanol–water partition coefficient (Wildman–Crippen LogP) is -0.520. The van der Waals surface area contributed by atoms with Gasteiger partial charge in [-0.3, -0.25) is 4.79 Å². The first-order valence-corrected chi connectivity index (χ1v) is 3.97. The van der Waals surface area contributed by atoms with Crippen LogP contribution in [0.25, 0.3) is 0 Å². The van der Waals surface area contributed by atoms with Crippen molar-refractivity contribution >= 4 is 11.9 Å². The van der Waals surface area contributed by atoms with E-state index in [1.165, 1.54) is 18.9 Å². The summed E-state index contributed by atoms with van der Waals surface area (Å²) in [5.41, 5.74) is 0. The second-order valence-corrected chi connectivity index (χ2v) is 3.25. The van der Waals surface area contributed by atoms with Gasteiger partial charge >= 0.3 is 5.97 Å². The van der Waals surface area contributed by atoms with Gasteiger partial charge in [-0.15, -0.1) is 0 Å². The molecule has 0 aromatic heterocycles. The fraction of sp³-hybridized carbons (Fsp3) is 0.750. The van der Waals surface area contributed by atoms with Gasteiger partial charge in [0.2, 0.25) is 5.91 Å². The Labute approximate surface area is 77.9 Å². The summed E-state index contributed by atoms with van der Waals surface area (Å²) in [6.07, 6.45) is 0. The number of hydrogen-bond donors (Lipinski definition) is 1. The number of carboxylic acids is 1. The highest BCUT2D eigenvalue weighted by Crippen LogP contribution is 1.98. The highest BCUT2D eigenvalue weighted by atomic mass is 16.4. The number of nitrogens with zero attached hydrogens (tertiary/aromatic N) is 2. The molecule has 0 heterocycles. The van der Waals surface area contributed by atoms with Crippen LogP contribution >= 0.6 is 0 Å². The van der Waals surface area contributed by atoms with Crippen molar-refractivity contribution in [3.8, 4) is 0 Å². The summed E-state index contributed by atoms with van der Waals surface area (Å²) in [5, 5.41) is 8.82. The van der Waals surface area contributed by atoms with E-state index in [1.807, 2.05) is 0 Å². The molecule has 5 nitrogen and oxygen atoms in total. The third-order valence-electron chi connectivity index (χ3n) is 1.79. The van der Waals surface area contributed by atoms with E-state index in [1.54, 1.807) is 19.0 Å². The quantitative estimate of drug-likeness (QED) is 0.645. The van der Waals surface area contributed by atoms with Crippen LogP contribution in [0.15, 0.2) is 0 Å². The topological polar surface area (TPSA) is 60.9 Å². The number of aliphatic carboxylic acids is 1. The molecule has 1 unspecified atom stereocenters. The SMILES string of the molecule is CC(=O)N(C)C(CN(C)C)C(=O)O. The Morgan fingerprint density at radius 2 is 1.77 bits per heavy atom. The molecule has 76 valence electrons. The third kappa shape index (κ3) is 3.89. The molecule has 0 fully saturated rings. The van der Waals surface area contributed by atoms with Crippen LogP contribution in [0, 0.1) is 0 Å². The zero-order chi connectivity index (χ0) is 10.6. The predicted molar refractivity (Wildman–Crippen MR) is 48.4 cm³/mol. The average molecular weight is 188 g/mol. The maximum atomic E-state index is 10.9. The lowest BCUT2D eigenvalue weighted by molar-refractivity contribution is -0.148. The monoisotopic (exact) mass is 188 g/mol. The van der Waals surface area contributed by atoms with Crippen molar-refractivity contribution in [3.05, 3.63) is 0 Å². The van der Waals surface area contributed by atoms with Crippen LogP contribution in [0.2, 0.25) is 0 Å². The Morgan fingerprint density at radius 3 is 2.00 bits per heavy atom. The first-order chi connectivity index (χ1) is 5.86. The molecular weight excluding hydrogens is 172 g/mol. The Kier molecular flexibility index (Phi) is 4.40. The molecule has 5 heteroatoms. The van der Waals surface area contributed by atoms with Gasteiger partial charge in [-0.2, -0.15) is 0 Å². The molecule has 1 atom stereocenters. The normalized spacial score (nSPS) is 12.7. The lowest BCUT2D eigenvalue weighted by Gasteiger charge is -2.25. The Hall–Kier alpha value is -1.10. The minimum absolute atomic E-state index is 0.241. The largest absolute Gasteiger partial charge is 0.480 e. The summed E-state index contributed by atoms with van der Waals surface area (Å²) in [4.78, 5) is 24.6.